The van der Waals surface area contributed by atoms with Gasteiger partial charge in [0.1, 0.15) is 17.3 Å². The molecule has 0 spiro atoms. The maximum absolute atomic E-state index is 13.3. The molecule has 0 saturated carbocycles. The molecule has 1 amide bonds. The van der Waals surface area contributed by atoms with Gasteiger partial charge in [0.05, 0.1) is 10.5 Å². The highest BCUT2D eigenvalue weighted by Gasteiger charge is 2.21. The number of benzene rings is 3. The van der Waals surface area contributed by atoms with E-state index >= 15 is 0 Å². The summed E-state index contributed by atoms with van der Waals surface area (Å²) >= 11 is 5.75. The second kappa shape index (κ2) is 7.77. The molecule has 3 aromatic carbocycles. The van der Waals surface area contributed by atoms with Gasteiger partial charge in [0, 0.05) is 11.1 Å². The van der Waals surface area contributed by atoms with Crippen molar-refractivity contribution in [2.24, 2.45) is 0 Å². The van der Waals surface area contributed by atoms with Crippen molar-refractivity contribution in [2.45, 2.75) is 4.90 Å². The van der Waals surface area contributed by atoms with E-state index in [2.05, 4.69) is 0 Å². The Morgan fingerprint density at radius 3 is 2.37 bits per heavy atom. The molecule has 0 unspecified atom stereocenters. The zero-order chi connectivity index (χ0) is 19.4. The average Bonchev–Trinajstić information content (AvgIpc) is 2.62. The molecule has 0 saturated heterocycles. The molecule has 0 aliphatic heterocycles. The van der Waals surface area contributed by atoms with Gasteiger partial charge >= 0.3 is 0 Å². The van der Waals surface area contributed by atoms with Crippen molar-refractivity contribution in [3.8, 4) is 11.5 Å². The first-order valence-corrected chi connectivity index (χ1v) is 9.56. The molecular formula is C19H13ClFNO4S. The monoisotopic (exact) mass is 405 g/mol. The van der Waals surface area contributed by atoms with Crippen molar-refractivity contribution in [1.82, 2.24) is 4.72 Å². The lowest BCUT2D eigenvalue weighted by molar-refractivity contribution is 0.0979. The molecule has 3 rings (SSSR count). The topological polar surface area (TPSA) is 72.5 Å². The highest BCUT2D eigenvalue weighted by molar-refractivity contribution is 7.90. The Bertz CT molecular complexity index is 1080. The number of para-hydroxylation sites is 1. The van der Waals surface area contributed by atoms with Gasteiger partial charge in [-0.2, -0.15) is 0 Å². The number of halogens is 2. The van der Waals surface area contributed by atoms with Gasteiger partial charge in [-0.25, -0.2) is 17.5 Å². The lowest BCUT2D eigenvalue weighted by Gasteiger charge is -2.12. The third-order valence-corrected chi connectivity index (χ3v) is 5.11. The Kier molecular flexibility index (Phi) is 5.43. The van der Waals surface area contributed by atoms with E-state index in [0.717, 1.165) is 6.07 Å². The van der Waals surface area contributed by atoms with Crippen LogP contribution in [0.3, 0.4) is 0 Å². The van der Waals surface area contributed by atoms with Crippen molar-refractivity contribution in [3.63, 3.8) is 0 Å². The molecular weight excluding hydrogens is 393 g/mol. The number of amides is 1. The van der Waals surface area contributed by atoms with Crippen LogP contribution in [-0.2, 0) is 10.0 Å². The first kappa shape index (κ1) is 18.9. The van der Waals surface area contributed by atoms with Gasteiger partial charge in [-0.15, -0.1) is 0 Å². The third-order valence-electron chi connectivity index (χ3n) is 3.51. The zero-order valence-corrected chi connectivity index (χ0v) is 15.3. The van der Waals surface area contributed by atoms with Crippen LogP contribution >= 0.6 is 11.6 Å². The number of carbonyl (C=O) groups excluding carboxylic acids is 1. The molecule has 0 aliphatic carbocycles. The number of hydrogen-bond donors (Lipinski definition) is 1. The van der Waals surface area contributed by atoms with Crippen molar-refractivity contribution in [1.29, 1.82) is 0 Å². The van der Waals surface area contributed by atoms with E-state index in [9.17, 15) is 17.6 Å². The Balaban J connectivity index is 1.86. The van der Waals surface area contributed by atoms with Crippen LogP contribution in [-0.4, -0.2) is 14.3 Å². The predicted octanol–water partition coefficient (Wildman–Crippen LogP) is 4.39. The van der Waals surface area contributed by atoms with Gasteiger partial charge in [-0.05, 0) is 48.5 Å². The smallest absolute Gasteiger partial charge is 0.268 e. The quantitative estimate of drug-likeness (QED) is 0.683. The molecule has 0 bridgehead atoms. The van der Waals surface area contributed by atoms with E-state index in [0.29, 0.717) is 5.02 Å². The van der Waals surface area contributed by atoms with Crippen molar-refractivity contribution in [2.75, 3.05) is 0 Å². The fourth-order valence-corrected chi connectivity index (χ4v) is 3.34. The van der Waals surface area contributed by atoms with Crippen LogP contribution < -0.4 is 9.46 Å². The van der Waals surface area contributed by atoms with E-state index in [1.165, 1.54) is 54.6 Å². The molecule has 0 aliphatic rings. The minimum absolute atomic E-state index is 0.0145. The molecule has 0 aromatic heterocycles. The summed E-state index contributed by atoms with van der Waals surface area (Å²) in [6.07, 6.45) is 0. The molecule has 138 valence electrons. The summed E-state index contributed by atoms with van der Waals surface area (Å²) in [5.41, 5.74) is -0.0145. The second-order valence-electron chi connectivity index (χ2n) is 5.44. The minimum atomic E-state index is -4.09. The number of carbonyl (C=O) groups is 1. The molecule has 8 heteroatoms. The highest BCUT2D eigenvalue weighted by Crippen LogP contribution is 2.26. The molecule has 0 heterocycles. The predicted molar refractivity (Wildman–Crippen MR) is 99.0 cm³/mol. The van der Waals surface area contributed by atoms with E-state index in [1.807, 2.05) is 4.72 Å². The summed E-state index contributed by atoms with van der Waals surface area (Å²) in [5, 5.41) is 0.370. The third kappa shape index (κ3) is 4.64. The van der Waals surface area contributed by atoms with Gasteiger partial charge in [-0.3, -0.25) is 4.79 Å². The fourth-order valence-electron chi connectivity index (χ4n) is 2.25. The normalized spacial score (nSPS) is 11.0. The number of hydrogen-bond acceptors (Lipinski definition) is 4. The molecule has 0 radical (unpaired) electrons. The van der Waals surface area contributed by atoms with Crippen LogP contribution in [0.1, 0.15) is 10.4 Å². The first-order valence-electron chi connectivity index (χ1n) is 7.70. The number of sulfonamides is 1. The summed E-state index contributed by atoms with van der Waals surface area (Å²) in [5.74, 6) is -1.11. The molecule has 27 heavy (non-hydrogen) atoms. The first-order chi connectivity index (χ1) is 12.8. The number of nitrogens with one attached hydrogen (secondary N) is 1. The van der Waals surface area contributed by atoms with Crippen LogP contribution in [0, 0.1) is 5.82 Å². The summed E-state index contributed by atoms with van der Waals surface area (Å²) in [6, 6.07) is 16.8. The van der Waals surface area contributed by atoms with Crippen molar-refractivity contribution < 1.29 is 22.3 Å². The standard InChI is InChI=1S/C19H13ClFNO4S/c20-13-8-10-16(11-9-13)27(24,25)22-19(23)17-6-1-2-7-18(17)26-15-5-3-4-14(21)12-15/h1-12H,(H,22,23). The number of ether oxygens (including phenoxy) is 1. The van der Waals surface area contributed by atoms with Gasteiger partial charge in [0.2, 0.25) is 0 Å². The van der Waals surface area contributed by atoms with Crippen molar-refractivity contribution >= 4 is 27.5 Å². The summed E-state index contributed by atoms with van der Waals surface area (Å²) in [4.78, 5) is 12.4. The van der Waals surface area contributed by atoms with E-state index in [-0.39, 0.29) is 22.0 Å². The maximum atomic E-state index is 13.3. The van der Waals surface area contributed by atoms with Crippen LogP contribution in [0.15, 0.2) is 77.7 Å². The summed E-state index contributed by atoms with van der Waals surface area (Å²) in [7, 11) is -4.09. The van der Waals surface area contributed by atoms with Gasteiger partial charge in [-0.1, -0.05) is 29.8 Å². The molecule has 0 atom stereocenters. The maximum Gasteiger partial charge on any atom is 0.268 e. The second-order valence-corrected chi connectivity index (χ2v) is 7.56. The Hall–Kier alpha value is -2.90. The highest BCUT2D eigenvalue weighted by atomic mass is 35.5. The lowest BCUT2D eigenvalue weighted by Crippen LogP contribution is -2.30. The molecule has 5 nitrogen and oxygen atoms in total. The van der Waals surface area contributed by atoms with E-state index in [1.54, 1.807) is 12.1 Å². The van der Waals surface area contributed by atoms with Gasteiger partial charge in [0.25, 0.3) is 15.9 Å². The Morgan fingerprint density at radius 1 is 0.963 bits per heavy atom. The lowest BCUT2D eigenvalue weighted by atomic mass is 10.2. The fraction of sp³-hybridized carbons (Fsp3) is 0. The van der Waals surface area contributed by atoms with Gasteiger partial charge in [0.15, 0.2) is 0 Å². The number of rotatable bonds is 5. The summed E-state index contributed by atoms with van der Waals surface area (Å²) < 4.78 is 45.6. The van der Waals surface area contributed by atoms with Crippen LogP contribution in [0.2, 0.25) is 5.02 Å². The van der Waals surface area contributed by atoms with Gasteiger partial charge < -0.3 is 4.74 Å². The van der Waals surface area contributed by atoms with Crippen molar-refractivity contribution in [3.05, 3.63) is 89.2 Å². The molecule has 3 aromatic rings. The summed E-state index contributed by atoms with van der Waals surface area (Å²) in [6.45, 7) is 0. The minimum Gasteiger partial charge on any atom is -0.456 e. The van der Waals surface area contributed by atoms with E-state index in [4.69, 9.17) is 16.3 Å². The Labute approximate surface area is 160 Å². The van der Waals surface area contributed by atoms with Crippen LogP contribution in [0.4, 0.5) is 4.39 Å². The SMILES string of the molecule is O=C(NS(=O)(=O)c1ccc(Cl)cc1)c1ccccc1Oc1cccc(F)c1. The Morgan fingerprint density at radius 2 is 1.67 bits per heavy atom. The molecule has 1 N–H and O–H groups in total. The average molecular weight is 406 g/mol. The largest absolute Gasteiger partial charge is 0.456 e. The molecule has 0 fully saturated rings. The van der Waals surface area contributed by atoms with Crippen LogP contribution in [0.5, 0.6) is 11.5 Å². The zero-order valence-electron chi connectivity index (χ0n) is 13.7. The van der Waals surface area contributed by atoms with E-state index < -0.39 is 21.7 Å². The van der Waals surface area contributed by atoms with Crippen LogP contribution in [0.25, 0.3) is 0 Å².